The average molecular weight is 448 g/mol. The minimum absolute atomic E-state index is 0.669. The van der Waals surface area contributed by atoms with E-state index in [1.165, 1.54) is 29.5 Å². The molecular weight excluding hydrogens is 426 g/mol. The Balaban J connectivity index is 1.60. The summed E-state index contributed by atoms with van der Waals surface area (Å²) < 4.78 is 2.90. The van der Waals surface area contributed by atoms with Crippen LogP contribution < -0.4 is 5.32 Å². The average Bonchev–Trinajstić information content (AvgIpc) is 3.13. The summed E-state index contributed by atoms with van der Waals surface area (Å²) in [6.07, 6.45) is 5.06. The number of nitrogens with one attached hydrogen (secondary N) is 1. The maximum atomic E-state index is 4.85. The van der Waals surface area contributed by atoms with E-state index in [9.17, 15) is 0 Å². The summed E-state index contributed by atoms with van der Waals surface area (Å²) in [4.78, 5) is 9.61. The van der Waals surface area contributed by atoms with E-state index in [0.29, 0.717) is 12.2 Å². The highest BCUT2D eigenvalue weighted by Gasteiger charge is 2.21. The van der Waals surface area contributed by atoms with Gasteiger partial charge in [-0.3, -0.25) is 0 Å². The molecule has 0 saturated heterocycles. The lowest BCUT2D eigenvalue weighted by molar-refractivity contribution is 0.662. The fraction of sp³-hybridized carbons (Fsp3) is 0.261. The van der Waals surface area contributed by atoms with E-state index in [2.05, 4.69) is 58.5 Å². The molecule has 0 atom stereocenters. The van der Waals surface area contributed by atoms with Gasteiger partial charge in [0.25, 0.3) is 5.78 Å². The predicted octanol–water partition coefficient (Wildman–Crippen LogP) is 5.41. The molecule has 4 aromatic rings. The third-order valence-electron chi connectivity index (χ3n) is 5.42. The maximum absolute atomic E-state index is 4.85. The number of aryl methyl sites for hydroxylation is 2. The molecule has 146 valence electrons. The number of nitrogens with zero attached hydrogens (tertiary/aromatic N) is 4. The van der Waals surface area contributed by atoms with Crippen LogP contribution in [-0.2, 0) is 19.3 Å². The molecule has 0 saturated carbocycles. The lowest BCUT2D eigenvalue weighted by Crippen LogP contribution is -2.13. The highest BCUT2D eigenvalue weighted by Crippen LogP contribution is 2.32. The van der Waals surface area contributed by atoms with Crippen LogP contribution in [0.1, 0.15) is 41.1 Å². The largest absolute Gasteiger partial charge is 0.339 e. The lowest BCUT2D eigenvalue weighted by atomic mass is 9.96. The second kappa shape index (κ2) is 7.59. The molecule has 6 heteroatoms. The Morgan fingerprint density at radius 2 is 1.79 bits per heavy atom. The van der Waals surface area contributed by atoms with Crippen molar-refractivity contribution in [3.8, 4) is 0 Å². The van der Waals surface area contributed by atoms with Gasteiger partial charge in [-0.2, -0.15) is 9.50 Å². The summed E-state index contributed by atoms with van der Waals surface area (Å²) in [7, 11) is 0. The summed E-state index contributed by atoms with van der Waals surface area (Å²) in [6.45, 7) is 2.10. The Kier molecular flexibility index (Phi) is 4.79. The Morgan fingerprint density at radius 1 is 1.00 bits per heavy atom. The molecule has 1 aliphatic rings. The SMILES string of the molecule is Cc1ccc(Cc2nc3nc4c(c(Nc5ccccc5Br)n3n2)CCCC4)cc1. The molecule has 2 aromatic carbocycles. The van der Waals surface area contributed by atoms with Gasteiger partial charge in [0.05, 0.1) is 11.4 Å². The molecule has 0 bridgehead atoms. The smallest absolute Gasteiger partial charge is 0.254 e. The molecule has 0 fully saturated rings. The fourth-order valence-corrected chi connectivity index (χ4v) is 4.25. The molecule has 1 aliphatic carbocycles. The second-order valence-electron chi connectivity index (χ2n) is 7.60. The summed E-state index contributed by atoms with van der Waals surface area (Å²) in [6, 6.07) is 16.7. The van der Waals surface area contributed by atoms with Gasteiger partial charge in [-0.05, 0) is 66.2 Å². The first kappa shape index (κ1) is 18.3. The first-order chi connectivity index (χ1) is 14.2. The number of benzene rings is 2. The van der Waals surface area contributed by atoms with Gasteiger partial charge in [0.15, 0.2) is 5.82 Å². The second-order valence-corrected chi connectivity index (χ2v) is 8.45. The Hall–Kier alpha value is -2.73. The zero-order valence-electron chi connectivity index (χ0n) is 16.3. The molecule has 5 nitrogen and oxygen atoms in total. The summed E-state index contributed by atoms with van der Waals surface area (Å²) in [5.41, 5.74) is 5.88. The Morgan fingerprint density at radius 3 is 2.62 bits per heavy atom. The van der Waals surface area contributed by atoms with Crippen molar-refractivity contribution < 1.29 is 0 Å². The minimum atomic E-state index is 0.669. The number of hydrogen-bond acceptors (Lipinski definition) is 4. The van der Waals surface area contributed by atoms with Crippen molar-refractivity contribution in [3.05, 3.63) is 81.2 Å². The normalized spacial score (nSPS) is 13.4. The van der Waals surface area contributed by atoms with Gasteiger partial charge in [0.1, 0.15) is 5.82 Å². The van der Waals surface area contributed by atoms with E-state index in [-0.39, 0.29) is 0 Å². The quantitative estimate of drug-likeness (QED) is 0.454. The van der Waals surface area contributed by atoms with Crippen LogP contribution in [0.4, 0.5) is 11.5 Å². The third-order valence-corrected chi connectivity index (χ3v) is 6.11. The molecule has 0 spiro atoms. The van der Waals surface area contributed by atoms with Crippen LogP contribution in [0, 0.1) is 6.92 Å². The minimum Gasteiger partial charge on any atom is -0.339 e. The number of halogens is 1. The van der Waals surface area contributed by atoms with Gasteiger partial charge in [-0.15, -0.1) is 5.10 Å². The Bertz CT molecular complexity index is 1180. The lowest BCUT2D eigenvalue weighted by Gasteiger charge is -2.20. The van der Waals surface area contributed by atoms with Crippen molar-refractivity contribution in [1.29, 1.82) is 0 Å². The van der Waals surface area contributed by atoms with Gasteiger partial charge >= 0.3 is 0 Å². The number of fused-ring (bicyclic) bond motifs is 2. The molecule has 1 N–H and O–H groups in total. The molecule has 0 aliphatic heterocycles. The van der Waals surface area contributed by atoms with Crippen molar-refractivity contribution in [2.45, 2.75) is 39.0 Å². The van der Waals surface area contributed by atoms with E-state index in [0.717, 1.165) is 40.3 Å². The van der Waals surface area contributed by atoms with E-state index in [1.54, 1.807) is 0 Å². The number of para-hydroxylation sites is 1. The predicted molar refractivity (Wildman–Crippen MR) is 119 cm³/mol. The van der Waals surface area contributed by atoms with E-state index in [4.69, 9.17) is 15.1 Å². The molecule has 29 heavy (non-hydrogen) atoms. The Labute approximate surface area is 178 Å². The summed E-state index contributed by atoms with van der Waals surface area (Å²) in [5, 5.41) is 8.43. The van der Waals surface area contributed by atoms with Crippen molar-refractivity contribution >= 4 is 33.2 Å². The van der Waals surface area contributed by atoms with Crippen molar-refractivity contribution in [1.82, 2.24) is 19.6 Å². The molecule has 0 radical (unpaired) electrons. The first-order valence-electron chi connectivity index (χ1n) is 10.0. The van der Waals surface area contributed by atoms with Crippen molar-refractivity contribution in [3.63, 3.8) is 0 Å². The first-order valence-corrected chi connectivity index (χ1v) is 10.8. The number of aromatic nitrogens is 4. The van der Waals surface area contributed by atoms with Crippen molar-refractivity contribution in [2.24, 2.45) is 0 Å². The van der Waals surface area contributed by atoms with Crippen LogP contribution >= 0.6 is 15.9 Å². The molecule has 2 aromatic heterocycles. The third kappa shape index (κ3) is 3.65. The maximum Gasteiger partial charge on any atom is 0.254 e. The number of hydrogen-bond donors (Lipinski definition) is 1. The summed E-state index contributed by atoms with van der Waals surface area (Å²) >= 11 is 3.65. The van der Waals surface area contributed by atoms with Gasteiger partial charge in [0, 0.05) is 16.5 Å². The highest BCUT2D eigenvalue weighted by molar-refractivity contribution is 9.10. The molecule has 5 rings (SSSR count). The van der Waals surface area contributed by atoms with Crippen LogP contribution in [0.3, 0.4) is 0 Å². The van der Waals surface area contributed by atoms with Crippen LogP contribution in [-0.4, -0.2) is 19.6 Å². The molecular formula is C23H22BrN5. The topological polar surface area (TPSA) is 55.1 Å². The van der Waals surface area contributed by atoms with Gasteiger partial charge in [-0.1, -0.05) is 42.0 Å². The van der Waals surface area contributed by atoms with E-state index in [1.807, 2.05) is 22.7 Å². The van der Waals surface area contributed by atoms with Crippen LogP contribution in [0.2, 0.25) is 0 Å². The zero-order chi connectivity index (χ0) is 19.8. The zero-order valence-corrected chi connectivity index (χ0v) is 17.9. The molecule has 0 unspecified atom stereocenters. The van der Waals surface area contributed by atoms with Crippen LogP contribution in [0.25, 0.3) is 5.78 Å². The van der Waals surface area contributed by atoms with E-state index >= 15 is 0 Å². The standard InChI is InChI=1S/C23H22BrN5/c1-15-10-12-16(13-11-15)14-21-27-23-26-19-8-4-2-6-17(19)22(29(23)28-21)25-20-9-5-3-7-18(20)24/h3,5,7,9-13,25H,2,4,6,8,14H2,1H3. The van der Waals surface area contributed by atoms with Gasteiger partial charge in [-0.25, -0.2) is 4.98 Å². The van der Waals surface area contributed by atoms with Crippen LogP contribution in [0.15, 0.2) is 53.0 Å². The molecule has 2 heterocycles. The number of anilines is 2. The van der Waals surface area contributed by atoms with Gasteiger partial charge in [0.2, 0.25) is 0 Å². The fourth-order valence-electron chi connectivity index (χ4n) is 3.87. The highest BCUT2D eigenvalue weighted by atomic mass is 79.9. The van der Waals surface area contributed by atoms with Crippen molar-refractivity contribution in [2.75, 3.05) is 5.32 Å². The monoisotopic (exact) mass is 447 g/mol. The van der Waals surface area contributed by atoms with E-state index < -0.39 is 0 Å². The number of rotatable bonds is 4. The molecule has 0 amide bonds. The van der Waals surface area contributed by atoms with Crippen LogP contribution in [0.5, 0.6) is 0 Å². The summed E-state index contributed by atoms with van der Waals surface area (Å²) in [5.74, 6) is 2.44. The van der Waals surface area contributed by atoms with Gasteiger partial charge < -0.3 is 5.32 Å².